The number of hydrogen-bond acceptors (Lipinski definition) is 6. The van der Waals surface area contributed by atoms with E-state index in [1.54, 1.807) is 26.0 Å². The molecule has 2 N–H and O–H groups in total. The Morgan fingerprint density at radius 1 is 1.38 bits per heavy atom. The number of rotatable bonds is 6. The summed E-state index contributed by atoms with van der Waals surface area (Å²) in [5.41, 5.74) is 0.795. The molecule has 0 aliphatic carbocycles. The van der Waals surface area contributed by atoms with E-state index in [0.717, 1.165) is 5.56 Å². The number of aromatic amines is 1. The van der Waals surface area contributed by atoms with E-state index in [-0.39, 0.29) is 22.6 Å². The third-order valence-corrected chi connectivity index (χ3v) is 3.94. The molecule has 0 aliphatic rings. The molecule has 0 radical (unpaired) electrons. The van der Waals surface area contributed by atoms with Gasteiger partial charge >= 0.3 is 6.01 Å². The first-order valence-electron chi connectivity index (χ1n) is 6.19. The summed E-state index contributed by atoms with van der Waals surface area (Å²) in [6, 6.07) is 4.95. The number of aromatic nitrogens is 3. The maximum absolute atomic E-state index is 12.4. The van der Waals surface area contributed by atoms with Crippen LogP contribution in [0.25, 0.3) is 0 Å². The zero-order chi connectivity index (χ0) is 15.5. The fourth-order valence-electron chi connectivity index (χ4n) is 1.66. The largest absolute Gasteiger partial charge is 0.495 e. The number of nitrogens with zero attached hydrogens (tertiary/aromatic N) is 2. The molecule has 1 aromatic heterocycles. The van der Waals surface area contributed by atoms with Crippen molar-refractivity contribution in [3.05, 3.63) is 23.8 Å². The van der Waals surface area contributed by atoms with E-state index >= 15 is 0 Å². The Labute approximate surface area is 122 Å². The van der Waals surface area contributed by atoms with Crippen LogP contribution in [0.3, 0.4) is 0 Å². The molecule has 0 unspecified atom stereocenters. The van der Waals surface area contributed by atoms with Crippen LogP contribution in [0.5, 0.6) is 11.8 Å². The highest BCUT2D eigenvalue weighted by Gasteiger charge is 2.21. The van der Waals surface area contributed by atoms with Crippen LogP contribution in [0.4, 0.5) is 5.95 Å². The second-order valence-electron chi connectivity index (χ2n) is 4.16. The quantitative estimate of drug-likeness (QED) is 0.833. The third-order valence-electron chi connectivity index (χ3n) is 2.58. The summed E-state index contributed by atoms with van der Waals surface area (Å²) < 4.78 is 37.2. The number of sulfonamides is 1. The van der Waals surface area contributed by atoms with Gasteiger partial charge in [-0.3, -0.25) is 0 Å². The van der Waals surface area contributed by atoms with Gasteiger partial charge in [-0.25, -0.2) is 18.2 Å². The predicted molar refractivity (Wildman–Crippen MR) is 76.1 cm³/mol. The van der Waals surface area contributed by atoms with Crippen LogP contribution in [-0.2, 0) is 10.0 Å². The molecule has 0 amide bonds. The van der Waals surface area contributed by atoms with Gasteiger partial charge in [-0.2, -0.15) is 4.98 Å². The summed E-state index contributed by atoms with van der Waals surface area (Å²) in [7, 11) is -2.44. The lowest BCUT2D eigenvalue weighted by molar-refractivity contribution is 0.314. The number of aryl methyl sites for hydroxylation is 1. The van der Waals surface area contributed by atoms with Gasteiger partial charge in [-0.1, -0.05) is 6.07 Å². The van der Waals surface area contributed by atoms with Crippen molar-refractivity contribution in [2.45, 2.75) is 18.7 Å². The summed E-state index contributed by atoms with van der Waals surface area (Å²) >= 11 is 0. The second-order valence-corrected chi connectivity index (χ2v) is 5.81. The van der Waals surface area contributed by atoms with Crippen molar-refractivity contribution in [3.8, 4) is 11.8 Å². The van der Waals surface area contributed by atoms with Crippen molar-refractivity contribution < 1.29 is 17.9 Å². The predicted octanol–water partition coefficient (Wildman–Crippen LogP) is 1.32. The van der Waals surface area contributed by atoms with E-state index < -0.39 is 10.0 Å². The summed E-state index contributed by atoms with van der Waals surface area (Å²) in [6.07, 6.45) is 0. The van der Waals surface area contributed by atoms with Crippen LogP contribution in [-0.4, -0.2) is 37.3 Å². The summed E-state index contributed by atoms with van der Waals surface area (Å²) in [5.74, 6) is 0.222. The van der Waals surface area contributed by atoms with Crippen LogP contribution in [0, 0.1) is 6.92 Å². The van der Waals surface area contributed by atoms with E-state index in [4.69, 9.17) is 9.47 Å². The molecule has 1 heterocycles. The zero-order valence-electron chi connectivity index (χ0n) is 11.9. The number of benzene rings is 1. The molecular formula is C12H16N4O4S. The summed E-state index contributed by atoms with van der Waals surface area (Å²) in [4.78, 5) is 3.90. The SMILES string of the molecule is CCOc1n[nH]c(NS(=O)(=O)c2cc(C)ccc2OC)n1. The molecule has 9 heteroatoms. The Balaban J connectivity index is 2.31. The minimum atomic E-state index is -3.84. The number of hydrogen-bond donors (Lipinski definition) is 2. The second kappa shape index (κ2) is 6.00. The van der Waals surface area contributed by atoms with Crippen molar-refractivity contribution in [2.75, 3.05) is 18.4 Å². The molecule has 0 saturated carbocycles. The average Bonchev–Trinajstić information content (AvgIpc) is 2.86. The van der Waals surface area contributed by atoms with Gasteiger partial charge in [0.05, 0.1) is 13.7 Å². The smallest absolute Gasteiger partial charge is 0.337 e. The zero-order valence-corrected chi connectivity index (χ0v) is 12.7. The Morgan fingerprint density at radius 3 is 2.81 bits per heavy atom. The molecule has 8 nitrogen and oxygen atoms in total. The minimum absolute atomic E-state index is 0.0259. The van der Waals surface area contributed by atoms with E-state index in [1.807, 2.05) is 0 Å². The number of ether oxygens (including phenoxy) is 2. The van der Waals surface area contributed by atoms with Crippen LogP contribution in [0.2, 0.25) is 0 Å². The van der Waals surface area contributed by atoms with Gasteiger partial charge in [0.1, 0.15) is 10.6 Å². The molecule has 0 aliphatic heterocycles. The van der Waals surface area contributed by atoms with Gasteiger partial charge in [-0.15, -0.1) is 5.10 Å². The molecular weight excluding hydrogens is 296 g/mol. The third kappa shape index (κ3) is 3.43. The van der Waals surface area contributed by atoms with Crippen LogP contribution < -0.4 is 14.2 Å². The first-order chi connectivity index (χ1) is 9.96. The fraction of sp³-hybridized carbons (Fsp3) is 0.333. The molecule has 114 valence electrons. The van der Waals surface area contributed by atoms with E-state index in [9.17, 15) is 8.42 Å². The van der Waals surface area contributed by atoms with E-state index in [2.05, 4.69) is 19.9 Å². The Hall–Kier alpha value is -2.29. The number of nitrogens with one attached hydrogen (secondary N) is 2. The topological polar surface area (TPSA) is 106 Å². The molecule has 2 rings (SSSR count). The minimum Gasteiger partial charge on any atom is -0.495 e. The Bertz CT molecular complexity index is 727. The van der Waals surface area contributed by atoms with Crippen LogP contribution in [0.15, 0.2) is 23.1 Å². The summed E-state index contributed by atoms with van der Waals surface area (Å²) in [6.45, 7) is 3.95. The van der Waals surface area contributed by atoms with E-state index in [0.29, 0.717) is 6.61 Å². The molecule has 0 saturated heterocycles. The molecule has 0 bridgehead atoms. The molecule has 0 spiro atoms. The van der Waals surface area contributed by atoms with Gasteiger partial charge < -0.3 is 9.47 Å². The number of H-pyrrole nitrogens is 1. The normalized spacial score (nSPS) is 11.2. The lowest BCUT2D eigenvalue weighted by atomic mass is 10.2. The maximum atomic E-state index is 12.4. The Morgan fingerprint density at radius 2 is 2.14 bits per heavy atom. The van der Waals surface area contributed by atoms with Crippen LogP contribution in [0.1, 0.15) is 12.5 Å². The van der Waals surface area contributed by atoms with Gasteiger partial charge in [0, 0.05) is 0 Å². The van der Waals surface area contributed by atoms with Crippen molar-refractivity contribution in [1.82, 2.24) is 15.2 Å². The lowest BCUT2D eigenvalue weighted by Gasteiger charge is -2.10. The van der Waals surface area contributed by atoms with Crippen molar-refractivity contribution >= 4 is 16.0 Å². The average molecular weight is 312 g/mol. The lowest BCUT2D eigenvalue weighted by Crippen LogP contribution is -2.15. The van der Waals surface area contributed by atoms with Crippen molar-refractivity contribution in [2.24, 2.45) is 0 Å². The van der Waals surface area contributed by atoms with Crippen molar-refractivity contribution in [1.29, 1.82) is 0 Å². The molecule has 0 atom stereocenters. The first kappa shape index (κ1) is 15.1. The Kier molecular flexibility index (Phi) is 4.32. The van der Waals surface area contributed by atoms with Gasteiger partial charge in [0.25, 0.3) is 10.0 Å². The number of methoxy groups -OCH3 is 1. The molecule has 2 aromatic rings. The fourth-order valence-corrected chi connectivity index (χ4v) is 2.87. The van der Waals surface area contributed by atoms with Gasteiger partial charge in [0.15, 0.2) is 0 Å². The van der Waals surface area contributed by atoms with Crippen LogP contribution >= 0.6 is 0 Å². The highest BCUT2D eigenvalue weighted by atomic mass is 32.2. The monoisotopic (exact) mass is 312 g/mol. The highest BCUT2D eigenvalue weighted by Crippen LogP contribution is 2.26. The maximum Gasteiger partial charge on any atom is 0.337 e. The van der Waals surface area contributed by atoms with E-state index in [1.165, 1.54) is 13.2 Å². The van der Waals surface area contributed by atoms with Gasteiger partial charge in [0.2, 0.25) is 5.95 Å². The highest BCUT2D eigenvalue weighted by molar-refractivity contribution is 7.92. The molecule has 0 fully saturated rings. The standard InChI is InChI=1S/C12H16N4O4S/c1-4-20-12-13-11(14-15-12)16-21(17,18)10-7-8(2)5-6-9(10)19-3/h5-7H,4H2,1-3H3,(H2,13,14,15,16). The summed E-state index contributed by atoms with van der Waals surface area (Å²) in [5, 5.41) is 6.18. The number of anilines is 1. The van der Waals surface area contributed by atoms with Crippen molar-refractivity contribution in [3.63, 3.8) is 0 Å². The first-order valence-corrected chi connectivity index (χ1v) is 7.67. The molecule has 1 aromatic carbocycles. The van der Waals surface area contributed by atoms with Gasteiger partial charge in [-0.05, 0) is 31.5 Å². The molecule has 21 heavy (non-hydrogen) atoms.